The first-order valence-corrected chi connectivity index (χ1v) is 13.3. The molecule has 4 heterocycles. The second-order valence-electron chi connectivity index (χ2n) is 11.8. The largest absolute Gasteiger partial charge is 0.396 e. The first-order chi connectivity index (χ1) is 18.0. The Hall–Kier alpha value is -2.69. The summed E-state index contributed by atoms with van der Waals surface area (Å²) in [4.78, 5) is 18.6. The van der Waals surface area contributed by atoms with Gasteiger partial charge in [0.1, 0.15) is 11.4 Å². The highest BCUT2D eigenvalue weighted by Crippen LogP contribution is 2.46. The molecule has 38 heavy (non-hydrogen) atoms. The van der Waals surface area contributed by atoms with Gasteiger partial charge in [0.2, 0.25) is 0 Å². The summed E-state index contributed by atoms with van der Waals surface area (Å²) in [7, 11) is 0. The zero-order valence-corrected chi connectivity index (χ0v) is 22.2. The lowest BCUT2D eigenvalue weighted by Gasteiger charge is -2.37. The van der Waals surface area contributed by atoms with Gasteiger partial charge in [0.25, 0.3) is 5.56 Å². The summed E-state index contributed by atoms with van der Waals surface area (Å²) in [6.07, 6.45) is 0.164. The third-order valence-corrected chi connectivity index (χ3v) is 8.79. The lowest BCUT2D eigenvalue weighted by atomic mass is 9.81. The fourth-order valence-electron chi connectivity index (χ4n) is 6.33. The molecule has 3 atom stereocenters. The molecule has 202 valence electrons. The van der Waals surface area contributed by atoms with Crippen LogP contribution < -0.4 is 10.9 Å². The van der Waals surface area contributed by atoms with Crippen LogP contribution in [0.5, 0.6) is 0 Å². The fourth-order valence-corrected chi connectivity index (χ4v) is 6.33. The van der Waals surface area contributed by atoms with Crippen molar-refractivity contribution in [3.63, 3.8) is 0 Å². The number of nitrogens with one attached hydrogen (secondary N) is 1. The minimum Gasteiger partial charge on any atom is -0.396 e. The molecule has 0 bridgehead atoms. The number of aryl methyl sites for hydroxylation is 1. The zero-order valence-electron chi connectivity index (χ0n) is 22.2. The van der Waals surface area contributed by atoms with Crippen LogP contribution in [0.4, 0.5) is 4.39 Å². The predicted molar refractivity (Wildman–Crippen MR) is 140 cm³/mol. The van der Waals surface area contributed by atoms with Crippen molar-refractivity contribution in [2.75, 3.05) is 13.2 Å². The molecular formula is C29H34FN3O5. The Balaban J connectivity index is 1.60. The van der Waals surface area contributed by atoms with Gasteiger partial charge >= 0.3 is 0 Å². The molecule has 1 aromatic carbocycles. The minimum atomic E-state index is -1.72. The zero-order chi connectivity index (χ0) is 27.1. The van der Waals surface area contributed by atoms with Crippen molar-refractivity contribution < 1.29 is 24.4 Å². The van der Waals surface area contributed by atoms with E-state index in [9.17, 15) is 20.1 Å². The van der Waals surface area contributed by atoms with E-state index >= 15 is 4.39 Å². The van der Waals surface area contributed by atoms with Crippen LogP contribution in [0.2, 0.25) is 0 Å². The number of hydrogen-bond donors (Lipinski definition) is 4. The summed E-state index contributed by atoms with van der Waals surface area (Å²) < 4.78 is 22.0. The van der Waals surface area contributed by atoms with Crippen molar-refractivity contribution in [2.45, 2.75) is 78.0 Å². The molecule has 0 saturated carbocycles. The molecule has 0 spiro atoms. The van der Waals surface area contributed by atoms with E-state index in [0.717, 1.165) is 28.5 Å². The van der Waals surface area contributed by atoms with E-state index in [2.05, 4.69) is 5.32 Å². The number of aliphatic hydroxyl groups is 3. The molecule has 3 aliphatic rings. The van der Waals surface area contributed by atoms with E-state index < -0.39 is 11.9 Å². The Morgan fingerprint density at radius 3 is 2.76 bits per heavy atom. The number of aromatic nitrogens is 2. The van der Waals surface area contributed by atoms with Gasteiger partial charge in [0, 0.05) is 52.8 Å². The number of ether oxygens (including phenoxy) is 1. The van der Waals surface area contributed by atoms with Crippen molar-refractivity contribution in [2.24, 2.45) is 5.41 Å². The van der Waals surface area contributed by atoms with Crippen molar-refractivity contribution in [1.82, 2.24) is 14.9 Å². The molecule has 0 saturated heterocycles. The maximum Gasteiger partial charge on any atom is 0.257 e. The van der Waals surface area contributed by atoms with Crippen LogP contribution in [-0.4, -0.2) is 44.3 Å². The van der Waals surface area contributed by atoms with E-state index in [0.29, 0.717) is 53.1 Å². The van der Waals surface area contributed by atoms with Gasteiger partial charge in [-0.25, -0.2) is 9.37 Å². The number of nitrogens with zero attached hydrogens (tertiary/aromatic N) is 2. The Kier molecular flexibility index (Phi) is 5.83. The standard InChI is InChI=1S/C29H34FN3O5/c1-5-29(37)18-8-22-25-16(10-33(22)26(35)17(18)11-38-27(29)36)24-20(31-12-28(3,4)13-34)7-6-15-14(2)19(30)9-21(32-25)23(15)24/h8-9,20,27,31,34,36-37H,5-7,10-13H2,1-4H3/t20-,27?,29-/m0/s1. The summed E-state index contributed by atoms with van der Waals surface area (Å²) in [6, 6.07) is 3.15. The summed E-state index contributed by atoms with van der Waals surface area (Å²) in [5.41, 5.74) is 3.54. The summed E-state index contributed by atoms with van der Waals surface area (Å²) in [5.74, 6) is -0.305. The van der Waals surface area contributed by atoms with E-state index in [1.807, 2.05) is 13.8 Å². The van der Waals surface area contributed by atoms with Crippen LogP contribution in [0.1, 0.15) is 73.0 Å². The molecule has 8 nitrogen and oxygen atoms in total. The van der Waals surface area contributed by atoms with E-state index in [-0.39, 0.29) is 42.5 Å². The third kappa shape index (κ3) is 3.53. The smallest absolute Gasteiger partial charge is 0.257 e. The van der Waals surface area contributed by atoms with Gasteiger partial charge in [0.05, 0.1) is 30.1 Å². The second-order valence-corrected chi connectivity index (χ2v) is 11.8. The van der Waals surface area contributed by atoms with Gasteiger partial charge < -0.3 is 29.9 Å². The average molecular weight is 524 g/mol. The van der Waals surface area contributed by atoms with Crippen LogP contribution in [0.25, 0.3) is 22.3 Å². The molecule has 9 heteroatoms. The lowest BCUT2D eigenvalue weighted by Crippen LogP contribution is -2.47. The molecule has 2 aromatic heterocycles. The summed E-state index contributed by atoms with van der Waals surface area (Å²) >= 11 is 0. The first-order valence-electron chi connectivity index (χ1n) is 13.3. The summed E-state index contributed by atoms with van der Waals surface area (Å²) in [5, 5.41) is 36.1. The molecule has 6 rings (SSSR count). The third-order valence-electron chi connectivity index (χ3n) is 8.79. The van der Waals surface area contributed by atoms with E-state index in [4.69, 9.17) is 9.72 Å². The predicted octanol–water partition coefficient (Wildman–Crippen LogP) is 2.91. The summed E-state index contributed by atoms with van der Waals surface area (Å²) in [6.45, 7) is 8.36. The van der Waals surface area contributed by atoms with Crippen molar-refractivity contribution in [1.29, 1.82) is 0 Å². The van der Waals surface area contributed by atoms with Crippen molar-refractivity contribution >= 4 is 10.9 Å². The first kappa shape index (κ1) is 25.6. The van der Waals surface area contributed by atoms with Crippen LogP contribution >= 0.6 is 0 Å². The monoisotopic (exact) mass is 523 g/mol. The number of pyridine rings is 2. The maximum atomic E-state index is 15.0. The molecular weight excluding hydrogens is 489 g/mol. The molecule has 1 unspecified atom stereocenters. The topological polar surface area (TPSA) is 117 Å². The molecule has 3 aromatic rings. The quantitative estimate of drug-likeness (QED) is 0.318. The van der Waals surface area contributed by atoms with Gasteiger partial charge in [0.15, 0.2) is 6.29 Å². The Labute approximate surface area is 220 Å². The Bertz CT molecular complexity index is 1550. The number of hydrogen-bond acceptors (Lipinski definition) is 7. The highest BCUT2D eigenvalue weighted by Gasteiger charge is 2.45. The molecule has 0 radical (unpaired) electrons. The maximum absolute atomic E-state index is 15.0. The van der Waals surface area contributed by atoms with Gasteiger partial charge in [-0.3, -0.25) is 4.79 Å². The molecule has 1 aliphatic carbocycles. The van der Waals surface area contributed by atoms with E-state index in [1.54, 1.807) is 24.5 Å². The Morgan fingerprint density at radius 2 is 2.05 bits per heavy atom. The van der Waals surface area contributed by atoms with Crippen LogP contribution in [0.3, 0.4) is 0 Å². The second kappa shape index (κ2) is 8.66. The SMILES string of the molecule is CC[C@]1(O)c2cc3n(c(=O)c2COC1O)Cc1c-3nc2cc(F)c(C)c3c2c1[C@@H](NCC(C)(C)CO)CC3. The molecule has 2 aliphatic heterocycles. The highest BCUT2D eigenvalue weighted by molar-refractivity contribution is 5.92. The minimum absolute atomic E-state index is 0.0398. The van der Waals surface area contributed by atoms with Crippen molar-refractivity contribution in [3.05, 3.63) is 61.7 Å². The van der Waals surface area contributed by atoms with Crippen LogP contribution in [-0.2, 0) is 29.9 Å². The molecule has 0 fully saturated rings. The van der Waals surface area contributed by atoms with Crippen LogP contribution in [0.15, 0.2) is 16.9 Å². The highest BCUT2D eigenvalue weighted by atomic mass is 19.1. The number of benzene rings is 1. The van der Waals surface area contributed by atoms with Gasteiger partial charge in [-0.05, 0) is 48.9 Å². The van der Waals surface area contributed by atoms with Gasteiger partial charge in [-0.1, -0.05) is 20.8 Å². The van der Waals surface area contributed by atoms with Gasteiger partial charge in [-0.2, -0.15) is 0 Å². The molecule has 0 amide bonds. The fraction of sp³-hybridized carbons (Fsp3) is 0.517. The average Bonchev–Trinajstić information content (AvgIpc) is 3.27. The normalized spacial score (nSPS) is 23.9. The van der Waals surface area contributed by atoms with Crippen molar-refractivity contribution in [3.8, 4) is 11.4 Å². The van der Waals surface area contributed by atoms with Crippen LogP contribution in [0, 0.1) is 18.2 Å². The lowest BCUT2D eigenvalue weighted by molar-refractivity contribution is -0.236. The van der Waals surface area contributed by atoms with Gasteiger partial charge in [-0.15, -0.1) is 0 Å². The van der Waals surface area contributed by atoms with E-state index in [1.165, 1.54) is 6.07 Å². The number of fused-ring (bicyclic) bond motifs is 5. The number of rotatable bonds is 5. The Morgan fingerprint density at radius 1 is 1.29 bits per heavy atom. The number of aliphatic hydroxyl groups excluding tert-OH is 2. The molecule has 4 N–H and O–H groups in total. The number of halogens is 1.